The number of alkyl halides is 3. The first-order valence-electron chi connectivity index (χ1n) is 6.41. The van der Waals surface area contributed by atoms with Gasteiger partial charge in [0.05, 0.1) is 19.2 Å². The number of benzene rings is 1. The maximum atomic E-state index is 12.5. The van der Waals surface area contributed by atoms with Crippen molar-refractivity contribution in [3.05, 3.63) is 42.1 Å². The lowest BCUT2D eigenvalue weighted by molar-refractivity contribution is -0.274. The third-order valence-corrected chi connectivity index (χ3v) is 2.88. The Morgan fingerprint density at radius 1 is 1.17 bits per heavy atom. The number of ether oxygens (including phenoxy) is 2. The fourth-order valence-electron chi connectivity index (χ4n) is 2.02. The number of nitrogens with zero attached hydrogens (tertiary/aromatic N) is 1. The second-order valence-corrected chi connectivity index (χ2v) is 4.46. The van der Waals surface area contributed by atoms with Gasteiger partial charge >= 0.3 is 12.3 Å². The Morgan fingerprint density at radius 3 is 2.48 bits per heavy atom. The third kappa shape index (κ3) is 4.35. The monoisotopic (exact) mass is 327 g/mol. The van der Waals surface area contributed by atoms with E-state index in [-0.39, 0.29) is 22.7 Å². The van der Waals surface area contributed by atoms with E-state index in [4.69, 9.17) is 9.84 Å². The van der Waals surface area contributed by atoms with E-state index >= 15 is 0 Å². The van der Waals surface area contributed by atoms with Crippen molar-refractivity contribution in [3.63, 3.8) is 0 Å². The van der Waals surface area contributed by atoms with E-state index in [1.54, 1.807) is 0 Å². The highest BCUT2D eigenvalue weighted by atomic mass is 19.4. The molecule has 0 aliphatic heterocycles. The molecule has 1 N–H and O–H groups in total. The third-order valence-electron chi connectivity index (χ3n) is 2.88. The number of aromatic nitrogens is 1. The van der Waals surface area contributed by atoms with Crippen molar-refractivity contribution in [2.24, 2.45) is 0 Å². The predicted octanol–water partition coefficient (Wildman–Crippen LogP) is 3.28. The molecule has 0 amide bonds. The molecule has 8 heteroatoms. The smallest absolute Gasteiger partial charge is 0.481 e. The van der Waals surface area contributed by atoms with Crippen LogP contribution in [-0.2, 0) is 11.2 Å². The molecule has 0 radical (unpaired) electrons. The topological polar surface area (TPSA) is 68.7 Å². The lowest BCUT2D eigenvalue weighted by Crippen LogP contribution is -2.17. The number of para-hydroxylation sites is 1. The predicted molar refractivity (Wildman–Crippen MR) is 74.2 cm³/mol. The van der Waals surface area contributed by atoms with Crippen LogP contribution in [-0.4, -0.2) is 29.5 Å². The summed E-state index contributed by atoms with van der Waals surface area (Å²) in [6.07, 6.45) is -5.32. The Morgan fingerprint density at radius 2 is 1.87 bits per heavy atom. The van der Waals surface area contributed by atoms with Gasteiger partial charge in [-0.05, 0) is 12.1 Å². The number of halogens is 3. The quantitative estimate of drug-likeness (QED) is 0.913. The minimum absolute atomic E-state index is 0.0788. The van der Waals surface area contributed by atoms with Crippen molar-refractivity contribution >= 4 is 5.97 Å². The van der Waals surface area contributed by atoms with Crippen molar-refractivity contribution in [1.29, 1.82) is 0 Å². The summed E-state index contributed by atoms with van der Waals surface area (Å²) in [5.74, 6) is -1.43. The van der Waals surface area contributed by atoms with Crippen LogP contribution in [0.15, 0.2) is 36.4 Å². The fourth-order valence-corrected chi connectivity index (χ4v) is 2.02. The first-order valence-corrected chi connectivity index (χ1v) is 6.41. The molecule has 23 heavy (non-hydrogen) atoms. The van der Waals surface area contributed by atoms with E-state index < -0.39 is 24.5 Å². The number of carbonyl (C=O) groups is 1. The molecule has 1 heterocycles. The van der Waals surface area contributed by atoms with Gasteiger partial charge in [-0.25, -0.2) is 4.98 Å². The van der Waals surface area contributed by atoms with E-state index in [1.807, 2.05) is 0 Å². The number of carboxylic acid groups (broad SMARTS) is 1. The zero-order valence-corrected chi connectivity index (χ0v) is 11.9. The van der Waals surface area contributed by atoms with Crippen molar-refractivity contribution < 1.29 is 32.5 Å². The van der Waals surface area contributed by atoms with Crippen molar-refractivity contribution in [3.8, 4) is 22.8 Å². The lowest BCUT2D eigenvalue weighted by Gasteiger charge is -2.15. The van der Waals surface area contributed by atoms with Gasteiger partial charge < -0.3 is 14.6 Å². The van der Waals surface area contributed by atoms with E-state index in [2.05, 4.69) is 9.72 Å². The number of hydrogen-bond donors (Lipinski definition) is 1. The summed E-state index contributed by atoms with van der Waals surface area (Å²) >= 11 is 0. The molecule has 2 rings (SSSR count). The molecule has 122 valence electrons. The minimum atomic E-state index is -4.86. The standard InChI is InChI=1S/C15H12F3NO4/c1-22-13-7-6-9(11(19-13)8-14(20)21)10-4-2-3-5-12(10)23-15(16,17)18/h2-7H,8H2,1H3,(H,20,21). The number of hydrogen-bond acceptors (Lipinski definition) is 4. The first kappa shape index (κ1) is 16.6. The maximum absolute atomic E-state index is 12.5. The molecule has 2 aromatic rings. The maximum Gasteiger partial charge on any atom is 0.573 e. The zero-order chi connectivity index (χ0) is 17.0. The van der Waals surface area contributed by atoms with Crippen LogP contribution in [0.1, 0.15) is 5.69 Å². The molecule has 1 aromatic carbocycles. The number of rotatable bonds is 5. The molecule has 0 aliphatic carbocycles. The SMILES string of the molecule is COc1ccc(-c2ccccc2OC(F)(F)F)c(CC(=O)O)n1. The molecule has 1 aromatic heterocycles. The van der Waals surface area contributed by atoms with Crippen LogP contribution in [0.25, 0.3) is 11.1 Å². The zero-order valence-electron chi connectivity index (χ0n) is 11.9. The van der Waals surface area contributed by atoms with E-state index in [0.29, 0.717) is 0 Å². The second kappa shape index (κ2) is 6.55. The molecule has 0 bridgehead atoms. The Bertz CT molecular complexity index is 716. The molecule has 0 atom stereocenters. The number of carboxylic acids is 1. The summed E-state index contributed by atoms with van der Waals surface area (Å²) in [5.41, 5.74) is 0.402. The van der Waals surface area contributed by atoms with Crippen LogP contribution in [0.5, 0.6) is 11.6 Å². The molecule has 0 saturated carbocycles. The van der Waals surface area contributed by atoms with Gasteiger partial charge in [0.1, 0.15) is 5.75 Å². The molecule has 5 nitrogen and oxygen atoms in total. The van der Waals surface area contributed by atoms with Crippen molar-refractivity contribution in [2.75, 3.05) is 7.11 Å². The van der Waals surface area contributed by atoms with Gasteiger partial charge in [-0.2, -0.15) is 0 Å². The van der Waals surface area contributed by atoms with E-state index in [9.17, 15) is 18.0 Å². The number of pyridine rings is 1. The van der Waals surface area contributed by atoms with Crippen LogP contribution in [0.2, 0.25) is 0 Å². The van der Waals surface area contributed by atoms with Gasteiger partial charge in [0, 0.05) is 17.2 Å². The average molecular weight is 327 g/mol. The van der Waals surface area contributed by atoms with Gasteiger partial charge in [0.25, 0.3) is 0 Å². The van der Waals surface area contributed by atoms with Crippen molar-refractivity contribution in [1.82, 2.24) is 4.98 Å². The van der Waals surface area contributed by atoms with Crippen LogP contribution in [0.3, 0.4) is 0 Å². The van der Waals surface area contributed by atoms with Crippen LogP contribution in [0.4, 0.5) is 13.2 Å². The first-order chi connectivity index (χ1) is 10.8. The van der Waals surface area contributed by atoms with Gasteiger partial charge in [-0.3, -0.25) is 4.79 Å². The summed E-state index contributed by atoms with van der Waals surface area (Å²) in [6, 6.07) is 8.34. The molecule has 0 unspecified atom stereocenters. The van der Waals surface area contributed by atoms with E-state index in [1.165, 1.54) is 37.4 Å². The summed E-state index contributed by atoms with van der Waals surface area (Å²) in [6.45, 7) is 0. The Kier molecular flexibility index (Phi) is 4.73. The molecule has 0 fully saturated rings. The number of methoxy groups -OCH3 is 1. The molecule has 0 aliphatic rings. The minimum Gasteiger partial charge on any atom is -0.481 e. The van der Waals surface area contributed by atoms with Gasteiger partial charge in [0.2, 0.25) is 5.88 Å². The average Bonchev–Trinajstić information content (AvgIpc) is 2.46. The fraction of sp³-hybridized carbons (Fsp3) is 0.200. The molecule has 0 saturated heterocycles. The normalized spacial score (nSPS) is 11.1. The molecular formula is C15H12F3NO4. The highest BCUT2D eigenvalue weighted by Crippen LogP contribution is 2.35. The largest absolute Gasteiger partial charge is 0.573 e. The van der Waals surface area contributed by atoms with Gasteiger partial charge in [-0.1, -0.05) is 18.2 Å². The summed E-state index contributed by atoms with van der Waals surface area (Å²) in [4.78, 5) is 15.0. The van der Waals surface area contributed by atoms with Crippen LogP contribution >= 0.6 is 0 Å². The van der Waals surface area contributed by atoms with Gasteiger partial charge in [-0.15, -0.1) is 13.2 Å². The van der Waals surface area contributed by atoms with Gasteiger partial charge in [0.15, 0.2) is 0 Å². The highest BCUT2D eigenvalue weighted by Gasteiger charge is 2.32. The van der Waals surface area contributed by atoms with E-state index in [0.717, 1.165) is 6.07 Å². The van der Waals surface area contributed by atoms with Crippen LogP contribution < -0.4 is 9.47 Å². The molecule has 0 spiro atoms. The molecular weight excluding hydrogens is 315 g/mol. The van der Waals surface area contributed by atoms with Crippen molar-refractivity contribution in [2.45, 2.75) is 12.8 Å². The lowest BCUT2D eigenvalue weighted by atomic mass is 10.0. The summed E-state index contributed by atoms with van der Waals surface area (Å²) in [7, 11) is 1.35. The Balaban J connectivity index is 2.55. The second-order valence-electron chi connectivity index (χ2n) is 4.46. The number of aliphatic carboxylic acids is 1. The Hall–Kier alpha value is -2.77. The summed E-state index contributed by atoms with van der Waals surface area (Å²) in [5, 5.41) is 8.97. The van der Waals surface area contributed by atoms with Crippen LogP contribution in [0, 0.1) is 0 Å². The summed E-state index contributed by atoms with van der Waals surface area (Å²) < 4.78 is 46.5. The highest BCUT2D eigenvalue weighted by molar-refractivity contribution is 5.78. The Labute approximate surface area is 129 Å².